The summed E-state index contributed by atoms with van der Waals surface area (Å²) in [6.07, 6.45) is 5.14. The van der Waals surface area contributed by atoms with Crippen molar-refractivity contribution in [1.82, 2.24) is 15.2 Å². The highest BCUT2D eigenvalue weighted by atomic mass is 16.5. The highest BCUT2D eigenvalue weighted by Gasteiger charge is 2.42. The minimum Gasteiger partial charge on any atom is -0.379 e. The van der Waals surface area contributed by atoms with Crippen molar-refractivity contribution in [2.45, 2.75) is 45.9 Å². The van der Waals surface area contributed by atoms with Crippen molar-refractivity contribution < 1.29 is 14.3 Å². The van der Waals surface area contributed by atoms with Gasteiger partial charge in [-0.1, -0.05) is 63.2 Å². The molecule has 1 aliphatic heterocycles. The third kappa shape index (κ3) is 6.94. The number of nitrogens with zero attached hydrogens (tertiary/aromatic N) is 3. The number of anilines is 3. The third-order valence-electron chi connectivity index (χ3n) is 9.48. The number of carbonyl (C=O) groups excluding carboxylic acids is 1. The molecule has 3 aromatic carbocycles. The molecule has 2 amide bonds. The van der Waals surface area contributed by atoms with Crippen LogP contribution in [0.2, 0.25) is 0 Å². The molecule has 3 N–H and O–H groups in total. The van der Waals surface area contributed by atoms with E-state index in [2.05, 4.69) is 53.8 Å². The molecule has 1 aromatic heterocycles. The zero-order chi connectivity index (χ0) is 35.8. The highest BCUT2D eigenvalue weighted by Crippen LogP contribution is 2.38. The van der Waals surface area contributed by atoms with E-state index >= 15 is 0 Å². The minimum absolute atomic E-state index is 0.212. The Labute approximate surface area is 292 Å². The molecule has 2 unspecified atom stereocenters. The fourth-order valence-electron chi connectivity index (χ4n) is 6.81. The van der Waals surface area contributed by atoms with Crippen molar-refractivity contribution >= 4 is 33.9 Å². The summed E-state index contributed by atoms with van der Waals surface area (Å²) in [5.74, 6) is 0. The van der Waals surface area contributed by atoms with Crippen molar-refractivity contribution in [1.29, 1.82) is 0 Å². The van der Waals surface area contributed by atoms with Gasteiger partial charge in [-0.3, -0.25) is 19.5 Å². The van der Waals surface area contributed by atoms with Crippen molar-refractivity contribution in [2.24, 2.45) is 5.41 Å². The smallest absolute Gasteiger partial charge is 0.320 e. The molecule has 4 aromatic rings. The molecule has 6 rings (SSSR count). The highest BCUT2D eigenvalue weighted by molar-refractivity contribution is 6.07. The molecule has 0 spiro atoms. The molecule has 1 saturated heterocycles. The lowest BCUT2D eigenvalue weighted by Gasteiger charge is -2.42. The Balaban J connectivity index is 1.25. The number of urea groups is 1. The van der Waals surface area contributed by atoms with Crippen LogP contribution in [0.5, 0.6) is 0 Å². The maximum Gasteiger partial charge on any atom is 0.320 e. The van der Waals surface area contributed by atoms with Gasteiger partial charge >= 0.3 is 6.03 Å². The Bertz CT molecular complexity index is 2030. The lowest BCUT2D eigenvalue weighted by molar-refractivity contribution is 0.0336. The number of allylic oxidation sites excluding steroid dienone is 2. The van der Waals surface area contributed by atoms with Gasteiger partial charge in [0, 0.05) is 63.7 Å². The number of hydrogen-bond donors (Lipinski definition) is 3. The van der Waals surface area contributed by atoms with E-state index < -0.39 is 28.5 Å². The summed E-state index contributed by atoms with van der Waals surface area (Å²) in [4.78, 5) is 47.5. The van der Waals surface area contributed by atoms with E-state index in [0.717, 1.165) is 66.0 Å². The van der Waals surface area contributed by atoms with Crippen LogP contribution in [0, 0.1) is 5.41 Å². The fraction of sp³-hybridized carbons (Fsp3) is 0.385. The van der Waals surface area contributed by atoms with Gasteiger partial charge in [0.05, 0.1) is 30.1 Å². The zero-order valence-electron chi connectivity index (χ0n) is 29.8. The van der Waals surface area contributed by atoms with Gasteiger partial charge in [0.15, 0.2) is 0 Å². The van der Waals surface area contributed by atoms with Crippen LogP contribution in [-0.4, -0.2) is 75.1 Å². The lowest BCUT2D eigenvalue weighted by atomic mass is 9.76. The monoisotopic (exact) mass is 678 g/mol. The molecule has 1 fully saturated rings. The molecule has 1 aliphatic carbocycles. The number of carbonyl (C=O) groups is 1. The Kier molecular flexibility index (Phi) is 9.67. The number of methoxy groups -OCH3 is 1. The largest absolute Gasteiger partial charge is 0.379 e. The number of nitrogens with one attached hydrogen (secondary N) is 3. The standard InChI is InChI=1S/C39H46N6O5/c1-38(2,3)25-20-31(41-32-33(44(5)6)35(47)34(32)46)36(49-7)39(4,21-25)43-37(48)42-30-15-14-27(28-10-8-9-11-29(28)30)24-12-13-26(40-22-24)23-45-16-18-50-19-17-45/h8-15,20-22,36,41H,16-19,23H2,1-7H3,(H2,42,43,48). The van der Waals surface area contributed by atoms with Gasteiger partial charge in [0.1, 0.15) is 17.5 Å². The van der Waals surface area contributed by atoms with Crippen LogP contribution in [0.15, 0.2) is 87.7 Å². The molecule has 2 atom stereocenters. The number of fused-ring (bicyclic) bond motifs is 1. The Morgan fingerprint density at radius 2 is 1.76 bits per heavy atom. The molecule has 2 heterocycles. The summed E-state index contributed by atoms with van der Waals surface area (Å²) in [6, 6.07) is 15.6. The molecular weight excluding hydrogens is 632 g/mol. The van der Waals surface area contributed by atoms with Crippen LogP contribution in [-0.2, 0) is 16.0 Å². The SMILES string of the molecule is COC1C(Nc2c(N(C)C)c(=O)c2=O)=CC(C(C)(C)C)=CC1(C)NC(=O)Nc1ccc(-c2ccc(CN3CCOCC3)nc2)c2ccccc12. The van der Waals surface area contributed by atoms with E-state index in [9.17, 15) is 14.4 Å². The Morgan fingerprint density at radius 3 is 2.40 bits per heavy atom. The van der Waals surface area contributed by atoms with Crippen LogP contribution in [0.3, 0.4) is 0 Å². The van der Waals surface area contributed by atoms with E-state index in [0.29, 0.717) is 17.1 Å². The first-order chi connectivity index (χ1) is 23.8. The minimum atomic E-state index is -1.03. The number of aromatic nitrogens is 1. The number of amides is 2. The normalized spacial score (nSPS) is 19.9. The predicted octanol–water partition coefficient (Wildman–Crippen LogP) is 5.27. The average Bonchev–Trinajstić information content (AvgIpc) is 3.08. The maximum absolute atomic E-state index is 13.9. The van der Waals surface area contributed by atoms with Gasteiger partial charge in [-0.05, 0) is 47.1 Å². The van der Waals surface area contributed by atoms with E-state index in [-0.39, 0.29) is 11.1 Å². The lowest BCUT2D eigenvalue weighted by Crippen LogP contribution is -2.58. The first-order valence-corrected chi connectivity index (χ1v) is 16.9. The van der Waals surface area contributed by atoms with Crippen LogP contribution in [0.1, 0.15) is 33.4 Å². The van der Waals surface area contributed by atoms with Crippen molar-refractivity contribution in [2.75, 3.05) is 63.0 Å². The van der Waals surface area contributed by atoms with Gasteiger partial charge < -0.3 is 30.3 Å². The molecule has 11 nitrogen and oxygen atoms in total. The van der Waals surface area contributed by atoms with Gasteiger partial charge in [-0.2, -0.15) is 0 Å². The first-order valence-electron chi connectivity index (χ1n) is 16.9. The predicted molar refractivity (Wildman–Crippen MR) is 200 cm³/mol. The number of rotatable bonds is 9. The summed E-state index contributed by atoms with van der Waals surface area (Å²) >= 11 is 0. The molecule has 0 bridgehead atoms. The molecular formula is C39H46N6O5. The maximum atomic E-state index is 13.9. The molecule has 0 saturated carbocycles. The van der Waals surface area contributed by atoms with Crippen LogP contribution < -0.4 is 31.7 Å². The van der Waals surface area contributed by atoms with Gasteiger partial charge in [-0.25, -0.2) is 4.79 Å². The van der Waals surface area contributed by atoms with Gasteiger partial charge in [0.2, 0.25) is 0 Å². The molecule has 0 radical (unpaired) electrons. The number of hydrogen-bond acceptors (Lipinski definition) is 9. The molecule has 2 aliphatic rings. The van der Waals surface area contributed by atoms with Crippen molar-refractivity contribution in [3.8, 4) is 11.1 Å². The second-order valence-corrected chi connectivity index (χ2v) is 14.5. The quantitative estimate of drug-likeness (QED) is 0.203. The Hall–Kier alpha value is -4.84. The third-order valence-corrected chi connectivity index (χ3v) is 9.48. The van der Waals surface area contributed by atoms with Crippen LogP contribution in [0.4, 0.5) is 21.9 Å². The zero-order valence-corrected chi connectivity index (χ0v) is 29.8. The van der Waals surface area contributed by atoms with Crippen LogP contribution in [0.25, 0.3) is 21.9 Å². The summed E-state index contributed by atoms with van der Waals surface area (Å²) < 4.78 is 11.4. The Morgan fingerprint density at radius 1 is 1.04 bits per heavy atom. The van der Waals surface area contributed by atoms with Gasteiger partial charge in [-0.15, -0.1) is 0 Å². The van der Waals surface area contributed by atoms with E-state index in [1.165, 1.54) is 0 Å². The van der Waals surface area contributed by atoms with E-state index in [1.54, 1.807) is 26.1 Å². The number of ether oxygens (including phenoxy) is 2. The number of benzene rings is 2. The number of pyridine rings is 1. The summed E-state index contributed by atoms with van der Waals surface area (Å²) in [5.41, 5.74) is 3.24. The van der Waals surface area contributed by atoms with Crippen molar-refractivity contribution in [3.05, 3.63) is 104 Å². The summed E-state index contributed by atoms with van der Waals surface area (Å²) in [6.45, 7) is 12.2. The van der Waals surface area contributed by atoms with Crippen LogP contribution >= 0.6 is 0 Å². The topological polar surface area (TPSA) is 125 Å². The first kappa shape index (κ1) is 35.0. The second kappa shape index (κ2) is 13.8. The van der Waals surface area contributed by atoms with E-state index in [1.807, 2.05) is 61.7 Å². The summed E-state index contributed by atoms with van der Waals surface area (Å²) in [5, 5.41) is 11.3. The molecule has 50 heavy (non-hydrogen) atoms. The summed E-state index contributed by atoms with van der Waals surface area (Å²) in [7, 11) is 4.99. The van der Waals surface area contributed by atoms with Crippen molar-refractivity contribution in [3.63, 3.8) is 0 Å². The fourth-order valence-corrected chi connectivity index (χ4v) is 6.81. The molecule has 11 heteroatoms. The average molecular weight is 679 g/mol. The number of morpholine rings is 1. The molecule has 262 valence electrons. The van der Waals surface area contributed by atoms with Gasteiger partial charge in [0.25, 0.3) is 10.9 Å². The van der Waals surface area contributed by atoms with E-state index in [4.69, 9.17) is 14.5 Å². The second-order valence-electron chi connectivity index (χ2n) is 14.5.